The van der Waals surface area contributed by atoms with E-state index < -0.39 is 0 Å². The highest BCUT2D eigenvalue weighted by Gasteiger charge is 2.21. The number of nitrogens with zero attached hydrogens (tertiary/aromatic N) is 2. The van der Waals surface area contributed by atoms with Crippen LogP contribution < -0.4 is 20.3 Å². The molecule has 6 heteroatoms. The van der Waals surface area contributed by atoms with Gasteiger partial charge in [0.15, 0.2) is 0 Å². The van der Waals surface area contributed by atoms with Gasteiger partial charge in [0.1, 0.15) is 5.75 Å². The fourth-order valence-electron chi connectivity index (χ4n) is 3.17. The molecule has 0 spiro atoms. The number of rotatable bonds is 4. The fourth-order valence-corrected chi connectivity index (χ4v) is 3.17. The maximum atomic E-state index is 11.6. The second-order valence-corrected chi connectivity index (χ2v) is 5.91. The number of nitrogen functional groups attached to an aromatic ring is 1. The van der Waals surface area contributed by atoms with E-state index in [2.05, 4.69) is 15.9 Å². The van der Waals surface area contributed by atoms with E-state index in [9.17, 15) is 4.79 Å². The van der Waals surface area contributed by atoms with Crippen molar-refractivity contribution >= 4 is 23.0 Å². The third-order valence-electron chi connectivity index (χ3n) is 4.49. The molecular weight excluding hydrogens is 318 g/mol. The molecule has 0 aromatic heterocycles. The van der Waals surface area contributed by atoms with Gasteiger partial charge >= 0.3 is 5.97 Å². The molecule has 0 unspecified atom stereocenters. The molecule has 1 fully saturated rings. The minimum Gasteiger partial charge on any atom is -0.495 e. The molecule has 2 aromatic carbocycles. The number of para-hydroxylation sites is 2. The van der Waals surface area contributed by atoms with Gasteiger partial charge in [-0.25, -0.2) is 4.79 Å². The summed E-state index contributed by atoms with van der Waals surface area (Å²) in [7, 11) is 3.06. The summed E-state index contributed by atoms with van der Waals surface area (Å²) in [5.41, 5.74) is 9.27. The molecule has 3 rings (SSSR count). The van der Waals surface area contributed by atoms with Crippen LogP contribution in [-0.2, 0) is 4.74 Å². The number of methoxy groups -OCH3 is 2. The van der Waals surface area contributed by atoms with Crippen LogP contribution in [0, 0.1) is 0 Å². The van der Waals surface area contributed by atoms with Crippen LogP contribution in [-0.4, -0.2) is 46.4 Å². The molecule has 2 N–H and O–H groups in total. The van der Waals surface area contributed by atoms with Crippen LogP contribution in [0.4, 0.5) is 17.1 Å². The van der Waals surface area contributed by atoms with Crippen LogP contribution in [0.2, 0.25) is 0 Å². The summed E-state index contributed by atoms with van der Waals surface area (Å²) in [6, 6.07) is 13.4. The molecule has 1 heterocycles. The van der Waals surface area contributed by atoms with Crippen LogP contribution >= 0.6 is 0 Å². The van der Waals surface area contributed by atoms with Gasteiger partial charge in [-0.05, 0) is 30.3 Å². The van der Waals surface area contributed by atoms with Crippen molar-refractivity contribution in [2.24, 2.45) is 0 Å². The van der Waals surface area contributed by atoms with Crippen LogP contribution in [0.5, 0.6) is 5.75 Å². The first-order chi connectivity index (χ1) is 12.1. The van der Waals surface area contributed by atoms with Crippen molar-refractivity contribution in [1.29, 1.82) is 0 Å². The second-order valence-electron chi connectivity index (χ2n) is 5.91. The predicted molar refractivity (Wildman–Crippen MR) is 99.6 cm³/mol. The van der Waals surface area contributed by atoms with Crippen molar-refractivity contribution in [3.63, 3.8) is 0 Å². The van der Waals surface area contributed by atoms with E-state index in [-0.39, 0.29) is 5.97 Å². The minimum absolute atomic E-state index is 0.376. The summed E-state index contributed by atoms with van der Waals surface area (Å²) >= 11 is 0. The number of ether oxygens (including phenoxy) is 2. The quantitative estimate of drug-likeness (QED) is 0.680. The standard InChI is InChI=1S/C19H23N3O3/c1-24-18-6-4-3-5-17(18)22-11-9-21(10-12-22)16-8-7-14(13-15(16)20)19(23)25-2/h3-8,13H,9-12,20H2,1-2H3. The summed E-state index contributed by atoms with van der Waals surface area (Å²) in [6.07, 6.45) is 0. The molecule has 2 aromatic rings. The van der Waals surface area contributed by atoms with E-state index in [1.165, 1.54) is 7.11 Å². The number of anilines is 3. The van der Waals surface area contributed by atoms with Gasteiger partial charge in [0.05, 0.1) is 36.8 Å². The Bertz CT molecular complexity index is 755. The first-order valence-corrected chi connectivity index (χ1v) is 8.25. The lowest BCUT2D eigenvalue weighted by Gasteiger charge is -2.38. The number of nitrogens with two attached hydrogens (primary N) is 1. The van der Waals surface area contributed by atoms with Crippen LogP contribution in [0.25, 0.3) is 0 Å². The Labute approximate surface area is 147 Å². The van der Waals surface area contributed by atoms with Gasteiger partial charge in [-0.3, -0.25) is 0 Å². The maximum absolute atomic E-state index is 11.6. The highest BCUT2D eigenvalue weighted by Crippen LogP contribution is 2.31. The summed E-state index contributed by atoms with van der Waals surface area (Å²) in [5, 5.41) is 0. The Hall–Kier alpha value is -2.89. The SMILES string of the molecule is COC(=O)c1ccc(N2CCN(c3ccccc3OC)CC2)c(N)c1. The van der Waals surface area contributed by atoms with Crippen LogP contribution in [0.1, 0.15) is 10.4 Å². The second kappa shape index (κ2) is 7.34. The topological polar surface area (TPSA) is 68.0 Å². The molecular formula is C19H23N3O3. The highest BCUT2D eigenvalue weighted by molar-refractivity contribution is 5.92. The zero-order valence-electron chi connectivity index (χ0n) is 14.6. The van der Waals surface area contributed by atoms with Crippen LogP contribution in [0.3, 0.4) is 0 Å². The Morgan fingerprint density at radius 2 is 1.60 bits per heavy atom. The van der Waals surface area contributed by atoms with Crippen molar-refractivity contribution in [1.82, 2.24) is 0 Å². The van der Waals surface area contributed by atoms with E-state index in [0.717, 1.165) is 43.3 Å². The number of hydrogen-bond acceptors (Lipinski definition) is 6. The molecule has 25 heavy (non-hydrogen) atoms. The largest absolute Gasteiger partial charge is 0.495 e. The third kappa shape index (κ3) is 3.47. The molecule has 6 nitrogen and oxygen atoms in total. The Kier molecular flexibility index (Phi) is 4.97. The monoisotopic (exact) mass is 341 g/mol. The molecule has 132 valence electrons. The van der Waals surface area contributed by atoms with E-state index in [1.54, 1.807) is 19.2 Å². The summed E-state index contributed by atoms with van der Waals surface area (Å²) in [6.45, 7) is 3.44. The molecule has 1 saturated heterocycles. The first kappa shape index (κ1) is 17.0. The molecule has 1 aliphatic rings. The van der Waals surface area contributed by atoms with E-state index >= 15 is 0 Å². The summed E-state index contributed by atoms with van der Waals surface area (Å²) in [4.78, 5) is 16.2. The minimum atomic E-state index is -0.376. The smallest absolute Gasteiger partial charge is 0.337 e. The van der Waals surface area contributed by atoms with E-state index in [1.807, 2.05) is 24.3 Å². The summed E-state index contributed by atoms with van der Waals surface area (Å²) in [5.74, 6) is 0.511. The Morgan fingerprint density at radius 3 is 2.20 bits per heavy atom. The molecule has 0 saturated carbocycles. The molecule has 0 bridgehead atoms. The van der Waals surface area contributed by atoms with Crippen molar-refractivity contribution in [3.8, 4) is 5.75 Å². The lowest BCUT2D eigenvalue weighted by Crippen LogP contribution is -2.46. The third-order valence-corrected chi connectivity index (χ3v) is 4.49. The van der Waals surface area contributed by atoms with Crippen molar-refractivity contribution in [2.45, 2.75) is 0 Å². The van der Waals surface area contributed by atoms with Gasteiger partial charge in [-0.15, -0.1) is 0 Å². The average molecular weight is 341 g/mol. The Morgan fingerprint density at radius 1 is 0.960 bits per heavy atom. The van der Waals surface area contributed by atoms with Crippen molar-refractivity contribution in [3.05, 3.63) is 48.0 Å². The lowest BCUT2D eigenvalue weighted by molar-refractivity contribution is 0.0601. The van der Waals surface area contributed by atoms with Gasteiger partial charge in [0.25, 0.3) is 0 Å². The molecule has 1 aliphatic heterocycles. The summed E-state index contributed by atoms with van der Waals surface area (Å²) < 4.78 is 10.2. The molecule has 0 radical (unpaired) electrons. The van der Waals surface area contributed by atoms with Crippen molar-refractivity contribution in [2.75, 3.05) is 55.9 Å². The first-order valence-electron chi connectivity index (χ1n) is 8.25. The van der Waals surface area contributed by atoms with Gasteiger partial charge in [-0.1, -0.05) is 12.1 Å². The number of carbonyl (C=O) groups is 1. The number of carbonyl (C=O) groups excluding carboxylic acids is 1. The maximum Gasteiger partial charge on any atom is 0.337 e. The predicted octanol–water partition coefficient (Wildman–Crippen LogP) is 2.39. The van der Waals surface area contributed by atoms with Gasteiger partial charge in [0, 0.05) is 26.2 Å². The van der Waals surface area contributed by atoms with E-state index in [4.69, 9.17) is 15.2 Å². The van der Waals surface area contributed by atoms with E-state index in [0.29, 0.717) is 11.3 Å². The molecule has 0 atom stereocenters. The fraction of sp³-hybridized carbons (Fsp3) is 0.316. The normalized spacial score (nSPS) is 14.3. The molecule has 0 aliphatic carbocycles. The van der Waals surface area contributed by atoms with Gasteiger partial charge in [-0.2, -0.15) is 0 Å². The zero-order chi connectivity index (χ0) is 17.8. The highest BCUT2D eigenvalue weighted by atomic mass is 16.5. The number of piperazine rings is 1. The van der Waals surface area contributed by atoms with Crippen LogP contribution in [0.15, 0.2) is 42.5 Å². The number of esters is 1. The number of benzene rings is 2. The Balaban J connectivity index is 1.71. The zero-order valence-corrected chi connectivity index (χ0v) is 14.6. The van der Waals surface area contributed by atoms with Crippen molar-refractivity contribution < 1.29 is 14.3 Å². The van der Waals surface area contributed by atoms with Gasteiger partial charge < -0.3 is 25.0 Å². The molecule has 0 amide bonds. The number of hydrogen-bond donors (Lipinski definition) is 1. The average Bonchev–Trinajstić information content (AvgIpc) is 2.67. The lowest BCUT2D eigenvalue weighted by atomic mass is 10.1. The van der Waals surface area contributed by atoms with Gasteiger partial charge in [0.2, 0.25) is 0 Å².